The van der Waals surface area contributed by atoms with Crippen molar-refractivity contribution in [3.05, 3.63) is 11.4 Å². The van der Waals surface area contributed by atoms with Gasteiger partial charge in [-0.1, -0.05) is 6.92 Å². The van der Waals surface area contributed by atoms with E-state index in [2.05, 4.69) is 15.5 Å². The lowest BCUT2D eigenvalue weighted by Crippen LogP contribution is -2.18. The van der Waals surface area contributed by atoms with E-state index in [1.165, 1.54) is 6.92 Å². The van der Waals surface area contributed by atoms with Gasteiger partial charge in [-0.15, -0.1) is 0 Å². The molecule has 2 N–H and O–H groups in total. The van der Waals surface area contributed by atoms with E-state index in [4.69, 9.17) is 0 Å². The van der Waals surface area contributed by atoms with Gasteiger partial charge in [0.1, 0.15) is 5.92 Å². The van der Waals surface area contributed by atoms with Gasteiger partial charge in [0.15, 0.2) is 0 Å². The molecule has 2 unspecified atom stereocenters. The number of hydrogen-bond donors (Lipinski definition) is 2. The Balaban J connectivity index is 2.10. The monoisotopic (exact) mass is 229 g/mol. The van der Waals surface area contributed by atoms with Gasteiger partial charge in [-0.25, -0.2) is 8.78 Å². The van der Waals surface area contributed by atoms with Crippen LogP contribution in [0.15, 0.2) is 0 Å². The number of halogens is 2. The van der Waals surface area contributed by atoms with Gasteiger partial charge in [0.05, 0.1) is 17.1 Å². The summed E-state index contributed by atoms with van der Waals surface area (Å²) in [5.41, 5.74) is 1.77. The van der Waals surface area contributed by atoms with E-state index < -0.39 is 23.7 Å². The predicted octanol–water partition coefficient (Wildman–Crippen LogP) is 1.87. The van der Waals surface area contributed by atoms with Crippen LogP contribution in [0.25, 0.3) is 0 Å². The van der Waals surface area contributed by atoms with Crippen molar-refractivity contribution in [3.63, 3.8) is 0 Å². The summed E-state index contributed by atoms with van der Waals surface area (Å²) >= 11 is 0. The number of carbonyl (C=O) groups is 1. The number of aromatic amines is 1. The lowest BCUT2D eigenvalue weighted by molar-refractivity contribution is -0.119. The van der Waals surface area contributed by atoms with Crippen LogP contribution in [0.2, 0.25) is 0 Å². The van der Waals surface area contributed by atoms with Gasteiger partial charge in [0.25, 0.3) is 5.92 Å². The van der Waals surface area contributed by atoms with E-state index in [0.29, 0.717) is 17.1 Å². The Labute approximate surface area is 91.4 Å². The van der Waals surface area contributed by atoms with Crippen molar-refractivity contribution in [2.24, 2.45) is 11.8 Å². The summed E-state index contributed by atoms with van der Waals surface area (Å²) in [6.07, 6.45) is 0. The van der Waals surface area contributed by atoms with E-state index in [-0.39, 0.29) is 0 Å². The minimum atomic E-state index is -2.87. The van der Waals surface area contributed by atoms with Gasteiger partial charge in [-0.2, -0.15) is 5.10 Å². The van der Waals surface area contributed by atoms with Crippen LogP contribution in [-0.2, 0) is 4.79 Å². The molecule has 1 heterocycles. The molecular formula is C10H13F2N3O. The second-order valence-electron chi connectivity index (χ2n) is 4.24. The maximum Gasteiger partial charge on any atom is 0.263 e. The third-order valence-electron chi connectivity index (χ3n) is 3.07. The van der Waals surface area contributed by atoms with Gasteiger partial charge >= 0.3 is 0 Å². The predicted molar refractivity (Wildman–Crippen MR) is 54.3 cm³/mol. The summed E-state index contributed by atoms with van der Waals surface area (Å²) in [4.78, 5) is 11.6. The van der Waals surface area contributed by atoms with Crippen molar-refractivity contribution in [3.8, 4) is 0 Å². The maximum atomic E-state index is 13.0. The molecule has 2 atom stereocenters. The zero-order valence-corrected chi connectivity index (χ0v) is 9.27. The third-order valence-corrected chi connectivity index (χ3v) is 3.07. The van der Waals surface area contributed by atoms with Crippen LogP contribution < -0.4 is 5.32 Å². The number of H-pyrrole nitrogens is 1. The van der Waals surface area contributed by atoms with Crippen LogP contribution in [0.1, 0.15) is 18.3 Å². The van der Waals surface area contributed by atoms with Gasteiger partial charge < -0.3 is 5.32 Å². The molecule has 1 aromatic rings. The molecule has 6 heteroatoms. The number of alkyl halides is 2. The van der Waals surface area contributed by atoms with Crippen LogP contribution >= 0.6 is 0 Å². The highest BCUT2D eigenvalue weighted by Crippen LogP contribution is 2.55. The number of aromatic nitrogens is 2. The Hall–Kier alpha value is -1.46. The summed E-state index contributed by atoms with van der Waals surface area (Å²) in [6.45, 7) is 4.80. The SMILES string of the molecule is Cc1n[nH]c(C)c1NC(=O)C1C(C)C1(F)F. The Morgan fingerprint density at radius 3 is 2.44 bits per heavy atom. The quantitative estimate of drug-likeness (QED) is 0.813. The van der Waals surface area contributed by atoms with E-state index in [1.807, 2.05) is 0 Å². The summed E-state index contributed by atoms with van der Waals surface area (Å²) in [7, 11) is 0. The minimum Gasteiger partial charge on any atom is -0.323 e. The van der Waals surface area contributed by atoms with E-state index in [9.17, 15) is 13.6 Å². The molecule has 0 aliphatic heterocycles. The van der Waals surface area contributed by atoms with Gasteiger partial charge in [-0.3, -0.25) is 9.89 Å². The Morgan fingerprint density at radius 1 is 1.50 bits per heavy atom. The fraction of sp³-hybridized carbons (Fsp3) is 0.600. The fourth-order valence-electron chi connectivity index (χ4n) is 1.82. The van der Waals surface area contributed by atoms with E-state index >= 15 is 0 Å². The average Bonchev–Trinajstić information content (AvgIpc) is 2.53. The van der Waals surface area contributed by atoms with Gasteiger partial charge in [-0.05, 0) is 13.8 Å². The second-order valence-corrected chi connectivity index (χ2v) is 4.24. The normalized spacial score (nSPS) is 26.6. The first-order valence-electron chi connectivity index (χ1n) is 5.06. The van der Waals surface area contributed by atoms with Crippen molar-refractivity contribution in [1.29, 1.82) is 0 Å². The maximum absolute atomic E-state index is 13.0. The Bertz CT molecular complexity index is 422. The molecular weight excluding hydrogens is 216 g/mol. The molecule has 16 heavy (non-hydrogen) atoms. The second kappa shape index (κ2) is 3.26. The van der Waals surface area contributed by atoms with E-state index in [1.54, 1.807) is 13.8 Å². The van der Waals surface area contributed by atoms with Crippen LogP contribution in [0.3, 0.4) is 0 Å². The number of rotatable bonds is 2. The molecule has 1 fully saturated rings. The molecule has 1 aliphatic rings. The zero-order chi connectivity index (χ0) is 12.1. The zero-order valence-electron chi connectivity index (χ0n) is 9.27. The first-order chi connectivity index (χ1) is 7.35. The van der Waals surface area contributed by atoms with Crippen molar-refractivity contribution < 1.29 is 13.6 Å². The average molecular weight is 229 g/mol. The number of carbonyl (C=O) groups excluding carboxylic acids is 1. The number of anilines is 1. The summed E-state index contributed by atoms with van der Waals surface area (Å²) in [5, 5.41) is 9.05. The molecule has 0 radical (unpaired) electrons. The lowest BCUT2D eigenvalue weighted by Gasteiger charge is -2.03. The topological polar surface area (TPSA) is 57.8 Å². The van der Waals surface area contributed by atoms with Crippen LogP contribution in [0.5, 0.6) is 0 Å². The number of aryl methyl sites for hydroxylation is 2. The Morgan fingerprint density at radius 2 is 2.06 bits per heavy atom. The molecule has 1 aliphatic carbocycles. The lowest BCUT2D eigenvalue weighted by atomic mass is 10.2. The number of nitrogens with zero attached hydrogens (tertiary/aromatic N) is 1. The Kier molecular flexibility index (Phi) is 2.25. The van der Waals surface area contributed by atoms with Crippen molar-refractivity contribution in [1.82, 2.24) is 10.2 Å². The van der Waals surface area contributed by atoms with Crippen LogP contribution in [-0.4, -0.2) is 22.0 Å². The fourth-order valence-corrected chi connectivity index (χ4v) is 1.82. The first-order valence-corrected chi connectivity index (χ1v) is 5.06. The highest BCUT2D eigenvalue weighted by atomic mass is 19.3. The first kappa shape index (κ1) is 11.0. The van der Waals surface area contributed by atoms with Crippen LogP contribution in [0.4, 0.5) is 14.5 Å². The molecule has 88 valence electrons. The number of nitrogens with one attached hydrogen (secondary N) is 2. The molecule has 2 rings (SSSR count). The number of hydrogen-bond acceptors (Lipinski definition) is 2. The molecule has 1 saturated carbocycles. The largest absolute Gasteiger partial charge is 0.323 e. The molecule has 1 aromatic heterocycles. The van der Waals surface area contributed by atoms with E-state index in [0.717, 1.165) is 0 Å². The summed E-state index contributed by atoms with van der Waals surface area (Å²) in [5.74, 6) is -5.58. The molecule has 0 spiro atoms. The highest BCUT2D eigenvalue weighted by molar-refractivity contribution is 5.96. The van der Waals surface area contributed by atoms with Crippen LogP contribution in [0, 0.1) is 25.7 Å². The molecule has 4 nitrogen and oxygen atoms in total. The summed E-state index contributed by atoms with van der Waals surface area (Å²) in [6, 6.07) is 0. The minimum absolute atomic E-state index is 0.500. The van der Waals surface area contributed by atoms with Crippen molar-refractivity contribution in [2.45, 2.75) is 26.7 Å². The van der Waals surface area contributed by atoms with Gasteiger partial charge in [0, 0.05) is 5.92 Å². The standard InChI is InChI=1S/C10H13F2N3O/c1-4-7(10(4,11)12)9(16)13-8-5(2)14-15-6(8)3/h4,7H,1-3H3,(H,13,16)(H,14,15). The third kappa shape index (κ3) is 1.48. The van der Waals surface area contributed by atoms with Crippen molar-refractivity contribution >= 4 is 11.6 Å². The number of amides is 1. The summed E-state index contributed by atoms with van der Waals surface area (Å²) < 4.78 is 26.0. The molecule has 0 aromatic carbocycles. The smallest absolute Gasteiger partial charge is 0.263 e. The van der Waals surface area contributed by atoms with Crippen molar-refractivity contribution in [2.75, 3.05) is 5.32 Å². The molecule has 0 saturated heterocycles. The van der Waals surface area contributed by atoms with Gasteiger partial charge in [0.2, 0.25) is 5.91 Å². The molecule has 0 bridgehead atoms. The highest BCUT2D eigenvalue weighted by Gasteiger charge is 2.69. The molecule has 1 amide bonds.